The zero-order chi connectivity index (χ0) is 13.9. The molecule has 1 saturated heterocycles. The van der Waals surface area contributed by atoms with Gasteiger partial charge in [-0.05, 0) is 36.1 Å². The number of piperazine rings is 1. The summed E-state index contributed by atoms with van der Waals surface area (Å²) in [5.74, 6) is 1.19. The van der Waals surface area contributed by atoms with Gasteiger partial charge < -0.3 is 10.2 Å². The number of nitrogens with zero attached hydrogens (tertiary/aromatic N) is 2. The molecule has 0 atom stereocenters. The van der Waals surface area contributed by atoms with E-state index in [0.29, 0.717) is 0 Å². The van der Waals surface area contributed by atoms with E-state index in [1.165, 1.54) is 22.3 Å². The van der Waals surface area contributed by atoms with Gasteiger partial charge in [0, 0.05) is 31.6 Å². The van der Waals surface area contributed by atoms with Crippen LogP contribution in [0.2, 0.25) is 0 Å². The molecule has 0 saturated carbocycles. The standard InChI is InChI=1S/C17H23N3/c1-3-13-5-6-15-12-14(4-2)17(19-16(15)11-13)20-9-7-18-8-10-20/h5-6,11-12,18H,3-4,7-10H2,1-2H3. The van der Waals surface area contributed by atoms with Crippen molar-refractivity contribution in [1.82, 2.24) is 10.3 Å². The Kier molecular flexibility index (Phi) is 3.88. The average Bonchev–Trinajstić information content (AvgIpc) is 2.53. The quantitative estimate of drug-likeness (QED) is 0.928. The van der Waals surface area contributed by atoms with Gasteiger partial charge in [-0.3, -0.25) is 0 Å². The van der Waals surface area contributed by atoms with Gasteiger partial charge >= 0.3 is 0 Å². The third kappa shape index (κ3) is 2.50. The molecule has 0 unspecified atom stereocenters. The second kappa shape index (κ2) is 5.80. The Hall–Kier alpha value is -1.61. The minimum atomic E-state index is 1.04. The first kappa shape index (κ1) is 13.4. The molecule has 2 heterocycles. The van der Waals surface area contributed by atoms with E-state index in [1.54, 1.807) is 0 Å². The van der Waals surface area contributed by atoms with Gasteiger partial charge in [-0.25, -0.2) is 4.98 Å². The topological polar surface area (TPSA) is 28.2 Å². The number of rotatable bonds is 3. The van der Waals surface area contributed by atoms with E-state index in [-0.39, 0.29) is 0 Å². The number of pyridine rings is 1. The van der Waals surface area contributed by atoms with Crippen LogP contribution < -0.4 is 10.2 Å². The van der Waals surface area contributed by atoms with Crippen LogP contribution in [0.4, 0.5) is 5.82 Å². The van der Waals surface area contributed by atoms with Gasteiger partial charge in [-0.2, -0.15) is 0 Å². The number of aryl methyl sites for hydroxylation is 2. The number of anilines is 1. The molecule has 0 aliphatic carbocycles. The SMILES string of the molecule is CCc1ccc2cc(CC)c(N3CCNCC3)nc2c1. The van der Waals surface area contributed by atoms with Crippen molar-refractivity contribution in [3.05, 3.63) is 35.4 Å². The highest BCUT2D eigenvalue weighted by Gasteiger charge is 2.15. The largest absolute Gasteiger partial charge is 0.354 e. The second-order valence-electron chi connectivity index (χ2n) is 5.44. The first-order valence-electron chi connectivity index (χ1n) is 7.70. The van der Waals surface area contributed by atoms with Crippen LogP contribution in [-0.4, -0.2) is 31.2 Å². The van der Waals surface area contributed by atoms with Gasteiger partial charge in [0.1, 0.15) is 5.82 Å². The monoisotopic (exact) mass is 269 g/mol. The first-order valence-corrected chi connectivity index (χ1v) is 7.70. The molecule has 1 aromatic carbocycles. The lowest BCUT2D eigenvalue weighted by Gasteiger charge is -2.30. The van der Waals surface area contributed by atoms with Crippen LogP contribution in [0.25, 0.3) is 10.9 Å². The number of hydrogen-bond donors (Lipinski definition) is 1. The molecular formula is C17H23N3. The number of hydrogen-bond acceptors (Lipinski definition) is 3. The van der Waals surface area contributed by atoms with Crippen molar-refractivity contribution in [2.45, 2.75) is 26.7 Å². The predicted molar refractivity (Wildman–Crippen MR) is 85.6 cm³/mol. The molecule has 3 rings (SSSR count). The summed E-state index contributed by atoms with van der Waals surface area (Å²) in [5, 5.41) is 4.67. The van der Waals surface area contributed by atoms with Crippen LogP contribution in [0.15, 0.2) is 24.3 Å². The van der Waals surface area contributed by atoms with Crippen molar-refractivity contribution < 1.29 is 0 Å². The highest BCUT2D eigenvalue weighted by atomic mass is 15.2. The molecule has 0 amide bonds. The zero-order valence-corrected chi connectivity index (χ0v) is 12.4. The van der Waals surface area contributed by atoms with Crippen molar-refractivity contribution in [3.63, 3.8) is 0 Å². The molecule has 1 aliphatic heterocycles. The molecule has 1 N–H and O–H groups in total. The van der Waals surface area contributed by atoms with Gasteiger partial charge in [0.05, 0.1) is 5.52 Å². The van der Waals surface area contributed by atoms with Gasteiger partial charge in [-0.15, -0.1) is 0 Å². The molecular weight excluding hydrogens is 246 g/mol. The number of fused-ring (bicyclic) bond motifs is 1. The van der Waals surface area contributed by atoms with Crippen molar-refractivity contribution in [3.8, 4) is 0 Å². The van der Waals surface area contributed by atoms with Gasteiger partial charge in [0.25, 0.3) is 0 Å². The smallest absolute Gasteiger partial charge is 0.132 e. The molecule has 1 aliphatic rings. The fourth-order valence-corrected chi connectivity index (χ4v) is 2.88. The maximum Gasteiger partial charge on any atom is 0.132 e. The number of benzene rings is 1. The van der Waals surface area contributed by atoms with Crippen LogP contribution in [0.3, 0.4) is 0 Å². The van der Waals surface area contributed by atoms with Crippen LogP contribution >= 0.6 is 0 Å². The van der Waals surface area contributed by atoms with Crippen LogP contribution in [0.5, 0.6) is 0 Å². The van der Waals surface area contributed by atoms with Crippen molar-refractivity contribution in [2.75, 3.05) is 31.1 Å². The second-order valence-corrected chi connectivity index (χ2v) is 5.44. The highest BCUT2D eigenvalue weighted by Crippen LogP contribution is 2.25. The summed E-state index contributed by atoms with van der Waals surface area (Å²) < 4.78 is 0. The summed E-state index contributed by atoms with van der Waals surface area (Å²) in [6, 6.07) is 8.98. The lowest BCUT2D eigenvalue weighted by Crippen LogP contribution is -2.44. The van der Waals surface area contributed by atoms with E-state index in [4.69, 9.17) is 4.98 Å². The van der Waals surface area contributed by atoms with E-state index in [9.17, 15) is 0 Å². The van der Waals surface area contributed by atoms with E-state index in [0.717, 1.165) is 44.5 Å². The molecule has 1 fully saturated rings. The average molecular weight is 269 g/mol. The Morgan fingerprint density at radius 2 is 1.90 bits per heavy atom. The Labute approximate surface area is 121 Å². The lowest BCUT2D eigenvalue weighted by molar-refractivity contribution is 0.584. The summed E-state index contributed by atoms with van der Waals surface area (Å²) in [6.07, 6.45) is 2.11. The minimum absolute atomic E-state index is 1.04. The van der Waals surface area contributed by atoms with Crippen LogP contribution in [-0.2, 0) is 12.8 Å². The molecule has 0 radical (unpaired) electrons. The molecule has 0 spiro atoms. The summed E-state index contributed by atoms with van der Waals surface area (Å²) in [4.78, 5) is 7.40. The Morgan fingerprint density at radius 1 is 1.10 bits per heavy atom. The van der Waals surface area contributed by atoms with E-state index >= 15 is 0 Å². The maximum atomic E-state index is 4.98. The molecule has 106 valence electrons. The van der Waals surface area contributed by atoms with E-state index < -0.39 is 0 Å². The van der Waals surface area contributed by atoms with E-state index in [1.807, 2.05) is 0 Å². The fourth-order valence-electron chi connectivity index (χ4n) is 2.88. The van der Waals surface area contributed by atoms with Crippen molar-refractivity contribution in [2.24, 2.45) is 0 Å². The Morgan fingerprint density at radius 3 is 2.60 bits per heavy atom. The molecule has 0 bridgehead atoms. The van der Waals surface area contributed by atoms with Gasteiger partial charge in [0.2, 0.25) is 0 Å². The summed E-state index contributed by atoms with van der Waals surface area (Å²) in [6.45, 7) is 8.63. The number of nitrogens with one attached hydrogen (secondary N) is 1. The van der Waals surface area contributed by atoms with Gasteiger partial charge in [0.15, 0.2) is 0 Å². The van der Waals surface area contributed by atoms with Gasteiger partial charge in [-0.1, -0.05) is 26.0 Å². The third-order valence-corrected chi connectivity index (χ3v) is 4.14. The number of aromatic nitrogens is 1. The van der Waals surface area contributed by atoms with Crippen LogP contribution in [0, 0.1) is 0 Å². The van der Waals surface area contributed by atoms with Crippen molar-refractivity contribution in [1.29, 1.82) is 0 Å². The normalized spacial score (nSPS) is 15.8. The molecule has 20 heavy (non-hydrogen) atoms. The predicted octanol–water partition coefficient (Wildman–Crippen LogP) is 2.77. The third-order valence-electron chi connectivity index (χ3n) is 4.14. The van der Waals surface area contributed by atoms with Crippen molar-refractivity contribution >= 4 is 16.7 Å². The maximum absolute atomic E-state index is 4.98. The summed E-state index contributed by atoms with van der Waals surface area (Å²) in [7, 11) is 0. The Balaban J connectivity index is 2.08. The lowest BCUT2D eigenvalue weighted by atomic mass is 10.1. The first-order chi connectivity index (χ1) is 9.81. The molecule has 3 nitrogen and oxygen atoms in total. The molecule has 2 aromatic rings. The van der Waals surface area contributed by atoms with E-state index in [2.05, 4.69) is 48.3 Å². The molecule has 3 heteroatoms. The minimum Gasteiger partial charge on any atom is -0.354 e. The fraction of sp³-hybridized carbons (Fsp3) is 0.471. The summed E-state index contributed by atoms with van der Waals surface area (Å²) >= 11 is 0. The molecule has 1 aromatic heterocycles. The summed E-state index contributed by atoms with van der Waals surface area (Å²) in [5.41, 5.74) is 3.86. The van der Waals surface area contributed by atoms with Crippen LogP contribution in [0.1, 0.15) is 25.0 Å². The zero-order valence-electron chi connectivity index (χ0n) is 12.4. The highest BCUT2D eigenvalue weighted by molar-refractivity contribution is 5.82. The Bertz CT molecular complexity index is 600.